The van der Waals surface area contributed by atoms with Crippen LogP contribution in [0.15, 0.2) is 57.8 Å². The zero-order chi connectivity index (χ0) is 17.6. The molecule has 0 bridgehead atoms. The van der Waals surface area contributed by atoms with Crippen LogP contribution >= 0.6 is 15.9 Å². The van der Waals surface area contributed by atoms with Crippen molar-refractivity contribution in [3.8, 4) is 0 Å². The number of carbonyl (C=O) groups is 2. The van der Waals surface area contributed by atoms with Gasteiger partial charge in [0, 0.05) is 36.9 Å². The molecule has 1 fully saturated rings. The van der Waals surface area contributed by atoms with Gasteiger partial charge in [-0.15, -0.1) is 0 Å². The van der Waals surface area contributed by atoms with Crippen molar-refractivity contribution in [2.45, 2.75) is 0 Å². The molecule has 2 aromatic rings. The lowest BCUT2D eigenvalue weighted by Gasteiger charge is -2.34. The zero-order valence-corrected chi connectivity index (χ0v) is 15.1. The SMILES string of the molecule is O=C(N/C=C/c1cccc(Br)c1)N1CCN(C(=O)c2ccco2)CC1. The maximum absolute atomic E-state index is 12.2. The van der Waals surface area contributed by atoms with Gasteiger partial charge in [-0.2, -0.15) is 0 Å². The van der Waals surface area contributed by atoms with Gasteiger partial charge in [-0.3, -0.25) is 4.79 Å². The summed E-state index contributed by atoms with van der Waals surface area (Å²) in [5, 5.41) is 2.76. The second kappa shape index (κ2) is 8.02. The Kier molecular flexibility index (Phi) is 5.55. The lowest BCUT2D eigenvalue weighted by atomic mass is 10.2. The minimum Gasteiger partial charge on any atom is -0.459 e. The molecule has 0 atom stereocenters. The summed E-state index contributed by atoms with van der Waals surface area (Å²) in [4.78, 5) is 27.8. The maximum Gasteiger partial charge on any atom is 0.321 e. The van der Waals surface area contributed by atoms with Crippen molar-refractivity contribution in [1.29, 1.82) is 0 Å². The Labute approximate surface area is 154 Å². The number of benzene rings is 1. The number of rotatable bonds is 3. The summed E-state index contributed by atoms with van der Waals surface area (Å²) in [5.41, 5.74) is 0.989. The quantitative estimate of drug-likeness (QED) is 0.855. The van der Waals surface area contributed by atoms with E-state index in [1.807, 2.05) is 30.3 Å². The van der Waals surface area contributed by atoms with E-state index >= 15 is 0 Å². The second-order valence-corrected chi connectivity index (χ2v) is 6.51. The average Bonchev–Trinajstić information content (AvgIpc) is 3.16. The van der Waals surface area contributed by atoms with Crippen molar-refractivity contribution < 1.29 is 14.0 Å². The third-order valence-corrected chi connectivity index (χ3v) is 4.41. The first kappa shape index (κ1) is 17.3. The second-order valence-electron chi connectivity index (χ2n) is 5.59. The van der Waals surface area contributed by atoms with E-state index < -0.39 is 0 Å². The molecule has 3 amide bonds. The largest absolute Gasteiger partial charge is 0.459 e. The molecule has 1 aromatic heterocycles. The molecule has 1 saturated heterocycles. The number of amides is 3. The third kappa shape index (κ3) is 4.51. The van der Waals surface area contributed by atoms with Gasteiger partial charge in [-0.05, 0) is 35.9 Å². The van der Waals surface area contributed by atoms with Crippen LogP contribution in [0, 0.1) is 0 Å². The first-order chi connectivity index (χ1) is 12.1. The van der Waals surface area contributed by atoms with Gasteiger partial charge in [-0.25, -0.2) is 4.79 Å². The molecule has 1 aliphatic rings. The molecule has 1 N–H and O–H groups in total. The van der Waals surface area contributed by atoms with Crippen molar-refractivity contribution in [1.82, 2.24) is 15.1 Å². The monoisotopic (exact) mass is 403 g/mol. The molecule has 2 heterocycles. The number of hydrogen-bond donors (Lipinski definition) is 1. The molecule has 1 aliphatic heterocycles. The fourth-order valence-electron chi connectivity index (χ4n) is 2.58. The number of urea groups is 1. The first-order valence-electron chi connectivity index (χ1n) is 7.94. The van der Waals surface area contributed by atoms with Crippen LogP contribution in [0.1, 0.15) is 16.1 Å². The van der Waals surface area contributed by atoms with Gasteiger partial charge in [0.1, 0.15) is 0 Å². The van der Waals surface area contributed by atoms with Crippen molar-refractivity contribution in [2.24, 2.45) is 0 Å². The Morgan fingerprint density at radius 2 is 1.84 bits per heavy atom. The highest BCUT2D eigenvalue weighted by Crippen LogP contribution is 2.12. The van der Waals surface area contributed by atoms with Crippen molar-refractivity contribution in [2.75, 3.05) is 26.2 Å². The van der Waals surface area contributed by atoms with E-state index in [2.05, 4.69) is 21.2 Å². The van der Waals surface area contributed by atoms with Gasteiger partial charge in [0.05, 0.1) is 6.26 Å². The molecule has 7 heteroatoms. The Balaban J connectivity index is 1.47. The van der Waals surface area contributed by atoms with Gasteiger partial charge < -0.3 is 19.5 Å². The van der Waals surface area contributed by atoms with E-state index in [0.717, 1.165) is 10.0 Å². The fourth-order valence-corrected chi connectivity index (χ4v) is 3.00. The Bertz CT molecular complexity index is 766. The normalized spacial score (nSPS) is 14.8. The van der Waals surface area contributed by atoms with Gasteiger partial charge >= 0.3 is 6.03 Å². The summed E-state index contributed by atoms with van der Waals surface area (Å²) >= 11 is 3.41. The highest BCUT2D eigenvalue weighted by molar-refractivity contribution is 9.10. The number of nitrogens with one attached hydrogen (secondary N) is 1. The van der Waals surface area contributed by atoms with E-state index in [-0.39, 0.29) is 11.9 Å². The smallest absolute Gasteiger partial charge is 0.321 e. The predicted octanol–water partition coefficient (Wildman–Crippen LogP) is 3.18. The van der Waals surface area contributed by atoms with Crippen LogP contribution in [0.25, 0.3) is 6.08 Å². The topological polar surface area (TPSA) is 65.8 Å². The number of nitrogens with zero attached hydrogens (tertiary/aromatic N) is 2. The molecular formula is C18H18BrN3O3. The molecule has 130 valence electrons. The summed E-state index contributed by atoms with van der Waals surface area (Å²) in [6.45, 7) is 1.95. The van der Waals surface area contributed by atoms with Crippen LogP contribution in [0.4, 0.5) is 4.79 Å². The molecule has 3 rings (SSSR count). The molecule has 0 unspecified atom stereocenters. The number of halogens is 1. The van der Waals surface area contributed by atoms with Gasteiger partial charge in [-0.1, -0.05) is 28.1 Å². The molecule has 25 heavy (non-hydrogen) atoms. The number of hydrogen-bond acceptors (Lipinski definition) is 3. The average molecular weight is 404 g/mol. The van der Waals surface area contributed by atoms with Crippen LogP contribution < -0.4 is 5.32 Å². The number of furan rings is 1. The van der Waals surface area contributed by atoms with E-state index in [4.69, 9.17) is 4.42 Å². The summed E-state index contributed by atoms with van der Waals surface area (Å²) in [7, 11) is 0. The van der Waals surface area contributed by atoms with Crippen LogP contribution in [-0.2, 0) is 0 Å². The Hall–Kier alpha value is -2.54. The van der Waals surface area contributed by atoms with Crippen LogP contribution in [0.5, 0.6) is 0 Å². The third-order valence-electron chi connectivity index (χ3n) is 3.92. The Morgan fingerprint density at radius 1 is 1.08 bits per heavy atom. The summed E-state index contributed by atoms with van der Waals surface area (Å²) in [5.74, 6) is 0.189. The van der Waals surface area contributed by atoms with E-state index in [1.165, 1.54) is 6.26 Å². The van der Waals surface area contributed by atoms with Crippen LogP contribution in [0.2, 0.25) is 0 Å². The van der Waals surface area contributed by atoms with Gasteiger partial charge in [0.15, 0.2) is 5.76 Å². The summed E-state index contributed by atoms with van der Waals surface area (Å²) in [6.07, 6.45) is 4.94. The lowest BCUT2D eigenvalue weighted by molar-refractivity contribution is 0.0636. The zero-order valence-electron chi connectivity index (χ0n) is 13.5. The van der Waals surface area contributed by atoms with Crippen molar-refractivity contribution in [3.63, 3.8) is 0 Å². The lowest BCUT2D eigenvalue weighted by Crippen LogP contribution is -2.52. The highest BCUT2D eigenvalue weighted by Gasteiger charge is 2.25. The van der Waals surface area contributed by atoms with E-state index in [1.54, 1.807) is 28.1 Å². The minimum absolute atomic E-state index is 0.139. The molecule has 1 aromatic carbocycles. The molecule has 6 nitrogen and oxygen atoms in total. The van der Waals surface area contributed by atoms with Gasteiger partial charge in [0.2, 0.25) is 0 Å². The minimum atomic E-state index is -0.170. The summed E-state index contributed by atoms with van der Waals surface area (Å²) < 4.78 is 6.11. The van der Waals surface area contributed by atoms with E-state index in [9.17, 15) is 9.59 Å². The number of piperazine rings is 1. The molecular weight excluding hydrogens is 386 g/mol. The molecule has 0 spiro atoms. The van der Waals surface area contributed by atoms with Crippen LogP contribution in [-0.4, -0.2) is 47.9 Å². The van der Waals surface area contributed by atoms with E-state index in [0.29, 0.717) is 31.9 Å². The van der Waals surface area contributed by atoms with Crippen LogP contribution in [0.3, 0.4) is 0 Å². The molecule has 0 radical (unpaired) electrons. The molecule has 0 saturated carbocycles. The van der Waals surface area contributed by atoms with Crippen molar-refractivity contribution >= 4 is 33.9 Å². The fraction of sp³-hybridized carbons (Fsp3) is 0.222. The predicted molar refractivity (Wildman–Crippen MR) is 97.9 cm³/mol. The number of carbonyl (C=O) groups excluding carboxylic acids is 2. The first-order valence-corrected chi connectivity index (χ1v) is 8.73. The highest BCUT2D eigenvalue weighted by atomic mass is 79.9. The molecule has 0 aliphatic carbocycles. The van der Waals surface area contributed by atoms with Crippen molar-refractivity contribution in [3.05, 3.63) is 64.7 Å². The maximum atomic E-state index is 12.2. The Morgan fingerprint density at radius 3 is 2.52 bits per heavy atom. The summed E-state index contributed by atoms with van der Waals surface area (Å²) in [6, 6.07) is 11.0. The van der Waals surface area contributed by atoms with Gasteiger partial charge in [0.25, 0.3) is 5.91 Å². The standard InChI is InChI=1S/C18H18BrN3O3/c19-15-4-1-3-14(13-15)6-7-20-18(24)22-10-8-21(9-11-22)17(23)16-5-2-12-25-16/h1-7,12-13H,8-11H2,(H,20,24)/b7-6+.